The van der Waals surface area contributed by atoms with Crippen LogP contribution in [0, 0.1) is 6.92 Å². The summed E-state index contributed by atoms with van der Waals surface area (Å²) in [6, 6.07) is 14.0. The summed E-state index contributed by atoms with van der Waals surface area (Å²) in [5.41, 5.74) is 2.38. The summed E-state index contributed by atoms with van der Waals surface area (Å²) in [5, 5.41) is 14.6. The van der Waals surface area contributed by atoms with Gasteiger partial charge >= 0.3 is 5.97 Å². The normalized spacial score (nSPS) is 10.8. The van der Waals surface area contributed by atoms with Crippen molar-refractivity contribution in [3.05, 3.63) is 71.0 Å². The lowest BCUT2D eigenvalue weighted by molar-refractivity contribution is -0.113. The van der Waals surface area contributed by atoms with Crippen molar-refractivity contribution in [3.63, 3.8) is 0 Å². The number of hydrogen-bond acceptors (Lipinski definition) is 7. The molecule has 2 aromatic carbocycles. The molecule has 0 unspecified atom stereocenters. The van der Waals surface area contributed by atoms with E-state index < -0.39 is 5.97 Å². The maximum atomic E-state index is 12.5. The van der Waals surface area contributed by atoms with Crippen LogP contribution in [0.3, 0.4) is 0 Å². The zero-order chi connectivity index (χ0) is 25.4. The summed E-state index contributed by atoms with van der Waals surface area (Å²) in [4.78, 5) is 37.1. The van der Waals surface area contributed by atoms with Crippen molar-refractivity contribution in [2.75, 3.05) is 11.1 Å². The molecule has 0 bridgehead atoms. The monoisotopic (exact) mass is 495 g/mol. The Morgan fingerprint density at radius 2 is 1.86 bits per heavy atom. The number of ether oxygens (including phenoxy) is 1. The topological polar surface area (TPSA) is 115 Å². The maximum absolute atomic E-state index is 12.5. The van der Waals surface area contributed by atoms with Crippen molar-refractivity contribution >= 4 is 35.2 Å². The van der Waals surface area contributed by atoms with Crippen LogP contribution in [-0.2, 0) is 22.6 Å². The van der Waals surface area contributed by atoms with E-state index in [0.717, 1.165) is 5.56 Å². The molecule has 0 aliphatic heterocycles. The van der Waals surface area contributed by atoms with Crippen LogP contribution in [0.4, 0.5) is 5.69 Å². The van der Waals surface area contributed by atoms with E-state index in [1.807, 2.05) is 36.6 Å². The first-order valence-corrected chi connectivity index (χ1v) is 12.3. The zero-order valence-corrected chi connectivity index (χ0v) is 21.0. The summed E-state index contributed by atoms with van der Waals surface area (Å²) in [6.07, 6.45) is -0.228. The van der Waals surface area contributed by atoms with E-state index in [1.165, 1.54) is 11.8 Å². The van der Waals surface area contributed by atoms with Gasteiger partial charge in [-0.3, -0.25) is 9.59 Å². The highest BCUT2D eigenvalue weighted by Crippen LogP contribution is 2.19. The molecule has 1 heterocycles. The number of benzene rings is 2. The fourth-order valence-electron chi connectivity index (χ4n) is 3.29. The number of hydrogen-bond donors (Lipinski definition) is 2. The summed E-state index contributed by atoms with van der Waals surface area (Å²) in [7, 11) is 0. The van der Waals surface area contributed by atoms with Gasteiger partial charge in [0.25, 0.3) is 5.91 Å². The summed E-state index contributed by atoms with van der Waals surface area (Å²) >= 11 is 1.24. The number of aryl methyl sites for hydroxylation is 1. The standard InChI is InChI=1S/C25H29N5O4S/c1-5-30-21(14-26-23(32)20-12-7-6-9-17(20)4)28-29-25(30)35-15-22(31)27-19-11-8-10-18(13-19)24(33)34-16(2)3/h6-13,16H,5,14-15H2,1-4H3,(H,26,32)(H,27,31). The molecule has 10 heteroatoms. The number of aromatic nitrogens is 3. The minimum absolute atomic E-state index is 0.106. The molecule has 3 rings (SSSR count). The Balaban J connectivity index is 1.56. The van der Waals surface area contributed by atoms with Gasteiger partial charge in [0.1, 0.15) is 0 Å². The van der Waals surface area contributed by atoms with E-state index in [-0.39, 0.29) is 30.2 Å². The fourth-order valence-corrected chi connectivity index (χ4v) is 4.11. The molecule has 2 N–H and O–H groups in total. The quantitative estimate of drug-likeness (QED) is 0.324. The Bertz CT molecular complexity index is 1210. The largest absolute Gasteiger partial charge is 0.459 e. The second-order valence-electron chi connectivity index (χ2n) is 8.01. The Labute approximate surface area is 208 Å². The van der Waals surface area contributed by atoms with E-state index in [1.54, 1.807) is 44.2 Å². The second kappa shape index (κ2) is 12.2. The Morgan fingerprint density at radius 3 is 2.57 bits per heavy atom. The lowest BCUT2D eigenvalue weighted by Gasteiger charge is -2.10. The first-order valence-electron chi connectivity index (χ1n) is 11.3. The molecule has 0 atom stereocenters. The number of rotatable bonds is 10. The smallest absolute Gasteiger partial charge is 0.338 e. The first kappa shape index (κ1) is 26.0. The average molecular weight is 496 g/mol. The molecule has 0 saturated heterocycles. The van der Waals surface area contributed by atoms with Gasteiger partial charge in [-0.05, 0) is 57.5 Å². The number of esters is 1. The van der Waals surface area contributed by atoms with Crippen LogP contribution < -0.4 is 10.6 Å². The second-order valence-corrected chi connectivity index (χ2v) is 8.95. The number of thioether (sulfide) groups is 1. The minimum Gasteiger partial charge on any atom is -0.459 e. The van der Waals surface area contributed by atoms with Gasteiger partial charge in [0.05, 0.1) is 24.0 Å². The van der Waals surface area contributed by atoms with Crippen molar-refractivity contribution in [2.24, 2.45) is 0 Å². The molecular formula is C25H29N5O4S. The van der Waals surface area contributed by atoms with Gasteiger partial charge < -0.3 is 19.9 Å². The number of carbonyl (C=O) groups is 3. The van der Waals surface area contributed by atoms with Crippen LogP contribution in [0.5, 0.6) is 0 Å². The van der Waals surface area contributed by atoms with Crippen LogP contribution in [0.25, 0.3) is 0 Å². The van der Waals surface area contributed by atoms with Gasteiger partial charge in [-0.25, -0.2) is 4.79 Å². The van der Waals surface area contributed by atoms with Gasteiger partial charge in [-0.2, -0.15) is 0 Å². The highest BCUT2D eigenvalue weighted by Gasteiger charge is 2.16. The lowest BCUT2D eigenvalue weighted by Crippen LogP contribution is -2.25. The van der Waals surface area contributed by atoms with Crippen LogP contribution >= 0.6 is 11.8 Å². The molecule has 0 aliphatic rings. The number of nitrogens with one attached hydrogen (secondary N) is 2. The molecule has 0 fully saturated rings. The van der Waals surface area contributed by atoms with Crippen LogP contribution in [0.15, 0.2) is 53.7 Å². The van der Waals surface area contributed by atoms with Crippen molar-refractivity contribution in [3.8, 4) is 0 Å². The average Bonchev–Trinajstić information content (AvgIpc) is 3.23. The zero-order valence-electron chi connectivity index (χ0n) is 20.2. The third kappa shape index (κ3) is 7.16. The van der Waals surface area contributed by atoms with E-state index in [2.05, 4.69) is 20.8 Å². The van der Waals surface area contributed by atoms with Gasteiger partial charge in [0, 0.05) is 17.8 Å². The molecular weight excluding hydrogens is 466 g/mol. The van der Waals surface area contributed by atoms with Crippen LogP contribution in [0.2, 0.25) is 0 Å². The third-order valence-corrected chi connectivity index (χ3v) is 5.93. The van der Waals surface area contributed by atoms with Crippen LogP contribution in [0.1, 0.15) is 52.9 Å². The Kier molecular flexibility index (Phi) is 9.02. The minimum atomic E-state index is -0.441. The Hall–Kier alpha value is -3.66. The van der Waals surface area contributed by atoms with E-state index in [4.69, 9.17) is 4.74 Å². The van der Waals surface area contributed by atoms with Crippen LogP contribution in [-0.4, -0.2) is 44.4 Å². The first-order chi connectivity index (χ1) is 16.8. The Morgan fingerprint density at radius 1 is 1.09 bits per heavy atom. The van der Waals surface area contributed by atoms with E-state index >= 15 is 0 Å². The summed E-state index contributed by atoms with van der Waals surface area (Å²) in [6.45, 7) is 8.20. The third-order valence-electron chi connectivity index (χ3n) is 4.96. The van der Waals surface area contributed by atoms with Gasteiger partial charge in [-0.1, -0.05) is 36.0 Å². The summed E-state index contributed by atoms with van der Waals surface area (Å²) in [5.74, 6) is -0.155. The molecule has 3 aromatic rings. The summed E-state index contributed by atoms with van der Waals surface area (Å²) < 4.78 is 7.05. The molecule has 1 aromatic heterocycles. The van der Waals surface area contributed by atoms with Gasteiger partial charge in [0.2, 0.25) is 5.91 Å². The fraction of sp³-hybridized carbons (Fsp3) is 0.320. The predicted octanol–water partition coefficient (Wildman–Crippen LogP) is 3.83. The number of anilines is 1. The van der Waals surface area contributed by atoms with Gasteiger partial charge in [-0.15, -0.1) is 10.2 Å². The molecule has 35 heavy (non-hydrogen) atoms. The van der Waals surface area contributed by atoms with Crippen molar-refractivity contribution < 1.29 is 19.1 Å². The number of nitrogens with zero attached hydrogens (tertiary/aromatic N) is 3. The number of carbonyl (C=O) groups excluding carboxylic acids is 3. The van der Waals surface area contributed by atoms with E-state index in [9.17, 15) is 14.4 Å². The highest BCUT2D eigenvalue weighted by atomic mass is 32.2. The molecule has 9 nitrogen and oxygen atoms in total. The molecule has 184 valence electrons. The van der Waals surface area contributed by atoms with Crippen molar-refractivity contribution in [1.29, 1.82) is 0 Å². The molecule has 0 radical (unpaired) electrons. The highest BCUT2D eigenvalue weighted by molar-refractivity contribution is 7.99. The maximum Gasteiger partial charge on any atom is 0.338 e. The SMILES string of the molecule is CCn1c(CNC(=O)c2ccccc2C)nnc1SCC(=O)Nc1cccc(C(=O)OC(C)C)c1. The molecule has 0 aliphatic carbocycles. The number of amides is 2. The van der Waals surface area contributed by atoms with Crippen molar-refractivity contribution in [2.45, 2.75) is 52.0 Å². The van der Waals surface area contributed by atoms with Gasteiger partial charge in [0.15, 0.2) is 11.0 Å². The van der Waals surface area contributed by atoms with Crippen molar-refractivity contribution in [1.82, 2.24) is 20.1 Å². The molecule has 2 amide bonds. The molecule has 0 spiro atoms. The molecule has 0 saturated carbocycles. The lowest BCUT2D eigenvalue weighted by atomic mass is 10.1. The predicted molar refractivity (Wildman–Crippen MR) is 134 cm³/mol. The van der Waals surface area contributed by atoms with E-state index in [0.29, 0.717) is 34.3 Å².